The maximum absolute atomic E-state index is 12.7. The molecule has 168 valence electrons. The van der Waals surface area contributed by atoms with Crippen molar-refractivity contribution in [3.05, 3.63) is 46.9 Å². The Morgan fingerprint density at radius 2 is 2.00 bits per heavy atom. The first-order valence-electron chi connectivity index (χ1n) is 11.3. The van der Waals surface area contributed by atoms with E-state index in [-0.39, 0.29) is 17.5 Å². The maximum atomic E-state index is 12.7. The number of fused-ring (bicyclic) bond motifs is 1. The van der Waals surface area contributed by atoms with Gasteiger partial charge in [-0.05, 0) is 63.0 Å². The maximum Gasteiger partial charge on any atom is 0.326 e. The Kier molecular flexibility index (Phi) is 6.10. The molecule has 1 aromatic carbocycles. The highest BCUT2D eigenvalue weighted by Crippen LogP contribution is 2.48. The first-order chi connectivity index (χ1) is 14.9. The van der Waals surface area contributed by atoms with Crippen LogP contribution in [0.25, 0.3) is 11.0 Å². The normalized spacial score (nSPS) is 22.1. The summed E-state index contributed by atoms with van der Waals surface area (Å²) in [7, 11) is -3.61. The van der Waals surface area contributed by atoms with Gasteiger partial charge in [0.15, 0.2) is 0 Å². The number of H-pyrrole nitrogens is 1. The summed E-state index contributed by atoms with van der Waals surface area (Å²) < 4.78 is 28.7. The summed E-state index contributed by atoms with van der Waals surface area (Å²) in [5.74, 6) is -0.102. The average molecular weight is 446 g/mol. The van der Waals surface area contributed by atoms with Gasteiger partial charge in [-0.1, -0.05) is 37.6 Å². The van der Waals surface area contributed by atoms with E-state index in [4.69, 9.17) is 0 Å². The standard InChI is InChI=1S/C23H31N3O4S/c1-2-17-16-18(17)21(27)25-31(29,30)23(13-14-23)12-8-4-3-5-9-15-26-20-11-7-6-10-19(20)24-22(26)28/h3-4,6-7,10-11,17-18H,2,5,8-9,12-16H2,1H3,(H,24,28)(H,25,27)/b4-3-/t17?,18-/m0/s1. The highest BCUT2D eigenvalue weighted by atomic mass is 32.2. The molecule has 7 nitrogen and oxygen atoms in total. The molecule has 0 spiro atoms. The van der Waals surface area contributed by atoms with Crippen molar-refractivity contribution in [1.82, 2.24) is 14.3 Å². The Bertz CT molecular complexity index is 1140. The van der Waals surface area contributed by atoms with Gasteiger partial charge in [0, 0.05) is 12.5 Å². The van der Waals surface area contributed by atoms with E-state index in [1.165, 1.54) is 0 Å². The van der Waals surface area contributed by atoms with Gasteiger partial charge in [0.05, 0.1) is 15.8 Å². The monoisotopic (exact) mass is 445 g/mol. The molecule has 2 aromatic rings. The lowest BCUT2D eigenvalue weighted by atomic mass is 10.2. The van der Waals surface area contributed by atoms with E-state index in [0.717, 1.165) is 36.7 Å². The number of aromatic amines is 1. The number of carbonyl (C=O) groups is 1. The topological polar surface area (TPSA) is 101 Å². The fourth-order valence-corrected chi connectivity index (χ4v) is 6.07. The lowest BCUT2D eigenvalue weighted by molar-refractivity contribution is -0.120. The number of carbonyl (C=O) groups excluding carboxylic acids is 1. The number of unbranched alkanes of at least 4 members (excludes halogenated alkanes) is 1. The van der Waals surface area contributed by atoms with Crippen molar-refractivity contribution in [2.45, 2.75) is 69.6 Å². The zero-order valence-corrected chi connectivity index (χ0v) is 18.8. The molecule has 31 heavy (non-hydrogen) atoms. The van der Waals surface area contributed by atoms with Crippen LogP contribution in [0.1, 0.15) is 58.3 Å². The number of imidazole rings is 1. The highest BCUT2D eigenvalue weighted by molar-refractivity contribution is 7.91. The summed E-state index contributed by atoms with van der Waals surface area (Å²) >= 11 is 0. The van der Waals surface area contributed by atoms with Crippen LogP contribution in [0.5, 0.6) is 0 Å². The Hall–Kier alpha value is -2.35. The fourth-order valence-electron chi connectivity index (χ4n) is 4.41. The number of nitrogens with zero attached hydrogens (tertiary/aromatic N) is 1. The number of allylic oxidation sites excluding steroid dienone is 2. The largest absolute Gasteiger partial charge is 0.326 e. The van der Waals surface area contributed by atoms with Gasteiger partial charge < -0.3 is 4.98 Å². The number of sulfonamides is 1. The van der Waals surface area contributed by atoms with E-state index < -0.39 is 14.8 Å². The number of para-hydroxylation sites is 2. The minimum atomic E-state index is -3.61. The zero-order valence-electron chi connectivity index (χ0n) is 18.0. The molecule has 8 heteroatoms. The van der Waals surface area contributed by atoms with E-state index in [9.17, 15) is 18.0 Å². The van der Waals surface area contributed by atoms with Crippen LogP contribution in [0.4, 0.5) is 0 Å². The molecule has 2 saturated carbocycles. The molecule has 1 unspecified atom stereocenters. The number of amides is 1. The minimum Gasteiger partial charge on any atom is -0.306 e. The average Bonchev–Trinajstić information content (AvgIpc) is 3.64. The van der Waals surface area contributed by atoms with Crippen molar-refractivity contribution in [2.75, 3.05) is 0 Å². The van der Waals surface area contributed by atoms with E-state index in [0.29, 0.717) is 38.1 Å². The number of hydrogen-bond donors (Lipinski definition) is 2. The minimum absolute atomic E-state index is 0.0930. The van der Waals surface area contributed by atoms with E-state index in [1.807, 2.05) is 37.3 Å². The Morgan fingerprint density at radius 3 is 2.71 bits per heavy atom. The predicted molar refractivity (Wildman–Crippen MR) is 121 cm³/mol. The molecule has 2 fully saturated rings. The van der Waals surface area contributed by atoms with Crippen LogP contribution < -0.4 is 10.4 Å². The quantitative estimate of drug-likeness (QED) is 0.408. The van der Waals surface area contributed by atoms with Gasteiger partial charge in [-0.3, -0.25) is 14.1 Å². The summed E-state index contributed by atoms with van der Waals surface area (Å²) in [6.45, 7) is 2.66. The van der Waals surface area contributed by atoms with Crippen LogP contribution in [0.3, 0.4) is 0 Å². The fraction of sp³-hybridized carbons (Fsp3) is 0.565. The lowest BCUT2D eigenvalue weighted by Gasteiger charge is -2.16. The third-order valence-electron chi connectivity index (χ3n) is 6.76. The van der Waals surface area contributed by atoms with Gasteiger partial charge in [-0.15, -0.1) is 0 Å². The van der Waals surface area contributed by atoms with Crippen LogP contribution in [0, 0.1) is 11.8 Å². The first-order valence-corrected chi connectivity index (χ1v) is 12.7. The van der Waals surface area contributed by atoms with Crippen LogP contribution in [-0.4, -0.2) is 28.6 Å². The van der Waals surface area contributed by atoms with Gasteiger partial charge in [0.2, 0.25) is 15.9 Å². The van der Waals surface area contributed by atoms with Crippen LogP contribution in [-0.2, 0) is 21.4 Å². The van der Waals surface area contributed by atoms with Crippen LogP contribution in [0.2, 0.25) is 0 Å². The van der Waals surface area contributed by atoms with Crippen molar-refractivity contribution in [2.24, 2.45) is 11.8 Å². The predicted octanol–water partition coefficient (Wildman–Crippen LogP) is 3.47. The molecule has 0 aliphatic heterocycles. The summed E-state index contributed by atoms with van der Waals surface area (Å²) in [6.07, 6.45) is 9.89. The summed E-state index contributed by atoms with van der Waals surface area (Å²) in [5.41, 5.74) is 1.67. The van der Waals surface area contributed by atoms with Crippen molar-refractivity contribution in [3.63, 3.8) is 0 Å². The van der Waals surface area contributed by atoms with Gasteiger partial charge in [-0.25, -0.2) is 13.2 Å². The van der Waals surface area contributed by atoms with Gasteiger partial charge in [0.25, 0.3) is 0 Å². The van der Waals surface area contributed by atoms with Crippen LogP contribution in [0.15, 0.2) is 41.2 Å². The first kappa shape index (κ1) is 21.9. The molecule has 2 atom stereocenters. The SMILES string of the molecule is CCC1C[C@@H]1C(=O)NS(=O)(=O)C1(CC/C=C\CCCn2c(=O)[nH]c3ccccc32)CC1. The van der Waals surface area contributed by atoms with Crippen molar-refractivity contribution in [3.8, 4) is 0 Å². The Morgan fingerprint density at radius 1 is 1.26 bits per heavy atom. The van der Waals surface area contributed by atoms with E-state index in [2.05, 4.69) is 15.8 Å². The molecule has 1 aromatic heterocycles. The zero-order chi connectivity index (χ0) is 22.1. The van der Waals surface area contributed by atoms with Crippen molar-refractivity contribution < 1.29 is 13.2 Å². The molecule has 0 bridgehead atoms. The third-order valence-corrected chi connectivity index (χ3v) is 8.99. The second-order valence-corrected chi connectivity index (χ2v) is 11.0. The molecule has 1 heterocycles. The Balaban J connectivity index is 1.21. The third kappa shape index (κ3) is 4.63. The van der Waals surface area contributed by atoms with Crippen molar-refractivity contribution >= 4 is 27.0 Å². The molecular formula is C23H31N3O4S. The molecule has 0 radical (unpaired) electrons. The van der Waals surface area contributed by atoms with Gasteiger partial charge in [-0.2, -0.15) is 0 Å². The lowest BCUT2D eigenvalue weighted by Crippen LogP contribution is -2.40. The number of rotatable bonds is 11. The second kappa shape index (κ2) is 8.65. The van der Waals surface area contributed by atoms with Crippen LogP contribution >= 0.6 is 0 Å². The summed E-state index contributed by atoms with van der Waals surface area (Å²) in [4.78, 5) is 27.1. The second-order valence-electron chi connectivity index (χ2n) is 8.91. The molecule has 4 rings (SSSR count). The number of nitrogens with one attached hydrogen (secondary N) is 2. The number of benzene rings is 1. The summed E-state index contributed by atoms with van der Waals surface area (Å²) in [6, 6.07) is 7.65. The van der Waals surface area contributed by atoms with E-state index in [1.54, 1.807) is 4.57 Å². The number of hydrogen-bond acceptors (Lipinski definition) is 4. The summed E-state index contributed by atoms with van der Waals surface area (Å²) in [5, 5.41) is 0. The molecule has 1 amide bonds. The molecule has 2 aliphatic rings. The number of aryl methyl sites for hydroxylation is 1. The Labute approximate surface area is 183 Å². The molecular weight excluding hydrogens is 414 g/mol. The van der Waals surface area contributed by atoms with Crippen molar-refractivity contribution in [1.29, 1.82) is 0 Å². The van der Waals surface area contributed by atoms with E-state index >= 15 is 0 Å². The molecule has 0 saturated heterocycles. The highest BCUT2D eigenvalue weighted by Gasteiger charge is 2.55. The van der Waals surface area contributed by atoms with Gasteiger partial charge in [0.1, 0.15) is 0 Å². The molecule has 2 aliphatic carbocycles. The molecule has 2 N–H and O–H groups in total. The smallest absolute Gasteiger partial charge is 0.306 e. The van der Waals surface area contributed by atoms with Gasteiger partial charge >= 0.3 is 5.69 Å². The number of aromatic nitrogens is 2.